The Balaban J connectivity index is 2.05. The van der Waals surface area contributed by atoms with Crippen LogP contribution in [0.25, 0.3) is 0 Å². The summed E-state index contributed by atoms with van der Waals surface area (Å²) in [7, 11) is 0. The van der Waals surface area contributed by atoms with E-state index in [0.29, 0.717) is 18.8 Å². The standard InChI is InChI=1S/C16H22N4O/c1-16(2,3)12-4-6-13(7-5-12)19-15(21)14-10-20(9-8-17)11-18-14/h4-7,10-11H,8-9,17H2,1-3H3,(H,19,21). The van der Waals surface area contributed by atoms with Crippen molar-refractivity contribution >= 4 is 11.6 Å². The molecule has 0 saturated carbocycles. The molecule has 2 rings (SSSR count). The Bertz CT molecular complexity index is 608. The first-order valence-corrected chi connectivity index (χ1v) is 7.04. The summed E-state index contributed by atoms with van der Waals surface area (Å²) in [6.07, 6.45) is 3.32. The number of nitrogens with one attached hydrogen (secondary N) is 1. The highest BCUT2D eigenvalue weighted by Crippen LogP contribution is 2.23. The third-order valence-electron chi connectivity index (χ3n) is 3.26. The Morgan fingerprint density at radius 3 is 2.52 bits per heavy atom. The van der Waals surface area contributed by atoms with Crippen molar-refractivity contribution in [2.75, 3.05) is 11.9 Å². The van der Waals surface area contributed by atoms with Gasteiger partial charge in [0.25, 0.3) is 5.91 Å². The van der Waals surface area contributed by atoms with Crippen LogP contribution in [0.15, 0.2) is 36.8 Å². The summed E-state index contributed by atoms with van der Waals surface area (Å²) in [4.78, 5) is 16.2. The van der Waals surface area contributed by atoms with E-state index in [2.05, 4.69) is 31.1 Å². The van der Waals surface area contributed by atoms with Gasteiger partial charge in [-0.1, -0.05) is 32.9 Å². The Kier molecular flexibility index (Phi) is 4.43. The van der Waals surface area contributed by atoms with Crippen LogP contribution < -0.4 is 11.1 Å². The molecule has 0 radical (unpaired) electrons. The molecule has 0 bridgehead atoms. The van der Waals surface area contributed by atoms with Crippen LogP contribution in [0.1, 0.15) is 36.8 Å². The molecule has 0 atom stereocenters. The van der Waals surface area contributed by atoms with E-state index in [1.807, 2.05) is 24.3 Å². The van der Waals surface area contributed by atoms with Crippen molar-refractivity contribution in [3.63, 3.8) is 0 Å². The van der Waals surface area contributed by atoms with E-state index in [4.69, 9.17) is 5.73 Å². The summed E-state index contributed by atoms with van der Waals surface area (Å²) in [5.41, 5.74) is 7.96. The normalized spacial score (nSPS) is 11.4. The highest BCUT2D eigenvalue weighted by Gasteiger charge is 2.14. The molecule has 3 N–H and O–H groups in total. The van der Waals surface area contributed by atoms with E-state index in [-0.39, 0.29) is 11.3 Å². The smallest absolute Gasteiger partial charge is 0.275 e. The lowest BCUT2D eigenvalue weighted by Gasteiger charge is -2.19. The molecule has 112 valence electrons. The van der Waals surface area contributed by atoms with Gasteiger partial charge in [-0.25, -0.2) is 4.98 Å². The molecule has 2 aromatic rings. The van der Waals surface area contributed by atoms with Gasteiger partial charge >= 0.3 is 0 Å². The van der Waals surface area contributed by atoms with Gasteiger partial charge in [0.2, 0.25) is 0 Å². The molecular formula is C16H22N4O. The van der Waals surface area contributed by atoms with Crippen LogP contribution in [0.5, 0.6) is 0 Å². The second kappa shape index (κ2) is 6.10. The maximum Gasteiger partial charge on any atom is 0.275 e. The monoisotopic (exact) mass is 286 g/mol. The molecule has 5 nitrogen and oxygen atoms in total. The zero-order chi connectivity index (χ0) is 15.5. The number of aromatic nitrogens is 2. The summed E-state index contributed by atoms with van der Waals surface area (Å²) in [5, 5.41) is 2.85. The number of imidazole rings is 1. The van der Waals surface area contributed by atoms with Gasteiger partial charge in [0.1, 0.15) is 5.69 Å². The summed E-state index contributed by atoms with van der Waals surface area (Å²) >= 11 is 0. The second-order valence-electron chi connectivity index (χ2n) is 6.07. The summed E-state index contributed by atoms with van der Waals surface area (Å²) < 4.78 is 1.80. The van der Waals surface area contributed by atoms with Gasteiger partial charge in [-0.3, -0.25) is 4.79 Å². The van der Waals surface area contributed by atoms with Crippen LogP contribution in [0.3, 0.4) is 0 Å². The van der Waals surface area contributed by atoms with E-state index in [0.717, 1.165) is 5.69 Å². The number of amides is 1. The van der Waals surface area contributed by atoms with Gasteiger partial charge in [0.15, 0.2) is 0 Å². The molecule has 1 amide bonds. The van der Waals surface area contributed by atoms with E-state index in [9.17, 15) is 4.79 Å². The molecule has 0 fully saturated rings. The van der Waals surface area contributed by atoms with E-state index in [1.165, 1.54) is 5.56 Å². The molecule has 5 heteroatoms. The van der Waals surface area contributed by atoms with Crippen molar-refractivity contribution in [3.8, 4) is 0 Å². The predicted octanol–water partition coefficient (Wildman–Crippen LogP) is 2.39. The van der Waals surface area contributed by atoms with Crippen LogP contribution in [0.2, 0.25) is 0 Å². The Morgan fingerprint density at radius 1 is 1.29 bits per heavy atom. The summed E-state index contributed by atoms with van der Waals surface area (Å²) in [6.45, 7) is 7.65. The number of hydrogen-bond acceptors (Lipinski definition) is 3. The number of nitrogens with zero attached hydrogens (tertiary/aromatic N) is 2. The van der Waals surface area contributed by atoms with Gasteiger partial charge in [-0.15, -0.1) is 0 Å². The van der Waals surface area contributed by atoms with Crippen LogP contribution in [-0.4, -0.2) is 22.0 Å². The fraction of sp³-hybridized carbons (Fsp3) is 0.375. The number of hydrogen-bond donors (Lipinski definition) is 2. The molecule has 21 heavy (non-hydrogen) atoms. The molecule has 1 heterocycles. The highest BCUT2D eigenvalue weighted by molar-refractivity contribution is 6.02. The van der Waals surface area contributed by atoms with Gasteiger partial charge in [-0.05, 0) is 23.1 Å². The molecule has 0 saturated heterocycles. The molecule has 1 aromatic heterocycles. The average molecular weight is 286 g/mol. The molecule has 0 aliphatic rings. The first-order valence-electron chi connectivity index (χ1n) is 7.04. The lowest BCUT2D eigenvalue weighted by Crippen LogP contribution is -2.14. The van der Waals surface area contributed by atoms with Crippen LogP contribution >= 0.6 is 0 Å². The summed E-state index contributed by atoms with van der Waals surface area (Å²) in [6, 6.07) is 7.88. The molecule has 1 aromatic carbocycles. The lowest BCUT2D eigenvalue weighted by atomic mass is 9.87. The van der Waals surface area contributed by atoms with E-state index in [1.54, 1.807) is 17.1 Å². The SMILES string of the molecule is CC(C)(C)c1ccc(NC(=O)c2cn(CCN)cn2)cc1. The average Bonchev–Trinajstić information content (AvgIpc) is 2.87. The number of anilines is 1. The minimum Gasteiger partial charge on any atom is -0.335 e. The Hall–Kier alpha value is -2.14. The van der Waals surface area contributed by atoms with E-state index >= 15 is 0 Å². The van der Waals surface area contributed by atoms with Gasteiger partial charge in [0.05, 0.1) is 6.33 Å². The van der Waals surface area contributed by atoms with Crippen LogP contribution in [0.4, 0.5) is 5.69 Å². The van der Waals surface area contributed by atoms with Crippen molar-refractivity contribution in [3.05, 3.63) is 48.0 Å². The number of nitrogens with two attached hydrogens (primary N) is 1. The number of rotatable bonds is 4. The fourth-order valence-electron chi connectivity index (χ4n) is 2.00. The second-order valence-corrected chi connectivity index (χ2v) is 6.07. The zero-order valence-corrected chi connectivity index (χ0v) is 12.8. The molecule has 0 aliphatic heterocycles. The minimum absolute atomic E-state index is 0.101. The van der Waals surface area contributed by atoms with Crippen molar-refractivity contribution < 1.29 is 4.79 Å². The third kappa shape index (κ3) is 3.92. The quantitative estimate of drug-likeness (QED) is 0.906. The van der Waals surface area contributed by atoms with Gasteiger partial charge in [0, 0.05) is 25.0 Å². The predicted molar refractivity (Wildman–Crippen MR) is 84.4 cm³/mol. The number of benzene rings is 1. The highest BCUT2D eigenvalue weighted by atomic mass is 16.1. The van der Waals surface area contributed by atoms with Crippen LogP contribution in [0, 0.1) is 0 Å². The molecule has 0 spiro atoms. The maximum atomic E-state index is 12.1. The first-order chi connectivity index (χ1) is 9.90. The third-order valence-corrected chi connectivity index (χ3v) is 3.26. The number of carbonyl (C=O) groups is 1. The molecular weight excluding hydrogens is 264 g/mol. The van der Waals surface area contributed by atoms with Crippen molar-refractivity contribution in [1.82, 2.24) is 9.55 Å². The largest absolute Gasteiger partial charge is 0.335 e. The zero-order valence-electron chi connectivity index (χ0n) is 12.8. The first kappa shape index (κ1) is 15.3. The van der Waals surface area contributed by atoms with Gasteiger partial charge in [-0.2, -0.15) is 0 Å². The van der Waals surface area contributed by atoms with Crippen LogP contribution in [-0.2, 0) is 12.0 Å². The van der Waals surface area contributed by atoms with Crippen molar-refractivity contribution in [2.24, 2.45) is 5.73 Å². The Morgan fingerprint density at radius 2 is 1.95 bits per heavy atom. The van der Waals surface area contributed by atoms with Crippen molar-refractivity contribution in [2.45, 2.75) is 32.7 Å². The molecule has 0 aliphatic carbocycles. The fourth-order valence-corrected chi connectivity index (χ4v) is 2.00. The van der Waals surface area contributed by atoms with E-state index < -0.39 is 0 Å². The molecule has 0 unspecified atom stereocenters. The van der Waals surface area contributed by atoms with Gasteiger partial charge < -0.3 is 15.6 Å². The summed E-state index contributed by atoms with van der Waals surface area (Å²) in [5.74, 6) is -0.214. The Labute approximate surface area is 125 Å². The number of carbonyl (C=O) groups excluding carboxylic acids is 1. The van der Waals surface area contributed by atoms with Crippen molar-refractivity contribution in [1.29, 1.82) is 0 Å². The minimum atomic E-state index is -0.214. The maximum absolute atomic E-state index is 12.1. The lowest BCUT2D eigenvalue weighted by molar-refractivity contribution is 0.102. The topological polar surface area (TPSA) is 72.9 Å².